The number of alkyl halides is 1. The third-order valence-electron chi connectivity index (χ3n) is 2.29. The van der Waals surface area contributed by atoms with Gasteiger partial charge in [0, 0.05) is 25.4 Å². The molecule has 0 amide bonds. The molecule has 0 aliphatic carbocycles. The normalized spacial score (nSPS) is 11.3. The summed E-state index contributed by atoms with van der Waals surface area (Å²) >= 11 is 0. The quantitative estimate of drug-likeness (QED) is 0.732. The standard InChI is InChI=1S/C11H20FN3/c1-9(2)11-10(8-15(3)14-11)7-13-6-4-5-12/h8-9,13H,4-7H2,1-3H3. The molecule has 0 bridgehead atoms. The number of nitrogens with zero attached hydrogens (tertiary/aromatic N) is 2. The van der Waals surface area contributed by atoms with Crippen LogP contribution < -0.4 is 5.32 Å². The van der Waals surface area contributed by atoms with E-state index in [1.165, 1.54) is 5.56 Å². The van der Waals surface area contributed by atoms with E-state index in [-0.39, 0.29) is 6.67 Å². The zero-order chi connectivity index (χ0) is 11.3. The van der Waals surface area contributed by atoms with Crippen molar-refractivity contribution >= 4 is 0 Å². The van der Waals surface area contributed by atoms with Crippen LogP contribution in [0.3, 0.4) is 0 Å². The Morgan fingerprint density at radius 1 is 1.53 bits per heavy atom. The molecule has 1 aromatic heterocycles. The van der Waals surface area contributed by atoms with Crippen molar-refractivity contribution in [3.05, 3.63) is 17.5 Å². The third kappa shape index (κ3) is 3.63. The Morgan fingerprint density at radius 2 is 2.27 bits per heavy atom. The van der Waals surface area contributed by atoms with E-state index in [1.54, 1.807) is 0 Å². The van der Waals surface area contributed by atoms with Crippen LogP contribution in [0.2, 0.25) is 0 Å². The van der Waals surface area contributed by atoms with Gasteiger partial charge in [0.1, 0.15) is 0 Å². The van der Waals surface area contributed by atoms with Crippen molar-refractivity contribution in [3.8, 4) is 0 Å². The molecule has 0 atom stereocenters. The molecule has 1 aromatic rings. The summed E-state index contributed by atoms with van der Waals surface area (Å²) in [7, 11) is 1.93. The van der Waals surface area contributed by atoms with Crippen LogP contribution in [0.4, 0.5) is 4.39 Å². The minimum atomic E-state index is -0.253. The van der Waals surface area contributed by atoms with Crippen molar-refractivity contribution in [2.45, 2.75) is 32.7 Å². The van der Waals surface area contributed by atoms with Gasteiger partial charge in [0.2, 0.25) is 0 Å². The van der Waals surface area contributed by atoms with Crippen molar-refractivity contribution < 1.29 is 4.39 Å². The molecular formula is C11H20FN3. The minimum absolute atomic E-state index is 0.253. The van der Waals surface area contributed by atoms with Crippen LogP contribution in [0.25, 0.3) is 0 Å². The maximum absolute atomic E-state index is 11.9. The van der Waals surface area contributed by atoms with Crippen molar-refractivity contribution in [2.75, 3.05) is 13.2 Å². The molecule has 1 heterocycles. The number of hydrogen-bond acceptors (Lipinski definition) is 2. The Balaban J connectivity index is 2.52. The van der Waals surface area contributed by atoms with E-state index in [2.05, 4.69) is 24.3 Å². The Bertz CT molecular complexity index is 294. The fourth-order valence-corrected chi connectivity index (χ4v) is 1.59. The minimum Gasteiger partial charge on any atom is -0.312 e. The smallest absolute Gasteiger partial charge is 0.0906 e. The van der Waals surface area contributed by atoms with Crippen molar-refractivity contribution in [1.82, 2.24) is 15.1 Å². The lowest BCUT2D eigenvalue weighted by Gasteiger charge is -2.05. The second kappa shape index (κ2) is 5.85. The van der Waals surface area contributed by atoms with E-state index < -0.39 is 0 Å². The first-order valence-electron chi connectivity index (χ1n) is 5.44. The SMILES string of the molecule is CC(C)c1nn(C)cc1CNCCCF. The van der Waals surface area contributed by atoms with Crippen LogP contribution in [-0.2, 0) is 13.6 Å². The number of halogens is 1. The molecule has 1 N–H and O–H groups in total. The second-order valence-corrected chi connectivity index (χ2v) is 4.09. The highest BCUT2D eigenvalue weighted by Crippen LogP contribution is 2.16. The molecule has 1 rings (SSSR count). The molecule has 0 radical (unpaired) electrons. The highest BCUT2D eigenvalue weighted by Gasteiger charge is 2.10. The summed E-state index contributed by atoms with van der Waals surface area (Å²) < 4.78 is 13.7. The van der Waals surface area contributed by atoms with E-state index in [9.17, 15) is 4.39 Å². The molecule has 15 heavy (non-hydrogen) atoms. The predicted molar refractivity (Wildman–Crippen MR) is 59.6 cm³/mol. The maximum atomic E-state index is 11.9. The van der Waals surface area contributed by atoms with Crippen LogP contribution in [0.1, 0.15) is 37.4 Å². The molecule has 0 aromatic carbocycles. The lowest BCUT2D eigenvalue weighted by Crippen LogP contribution is -2.16. The number of hydrogen-bond donors (Lipinski definition) is 1. The van der Waals surface area contributed by atoms with Crippen LogP contribution in [-0.4, -0.2) is 23.0 Å². The summed E-state index contributed by atoms with van der Waals surface area (Å²) in [5.74, 6) is 0.434. The van der Waals surface area contributed by atoms with Crippen LogP contribution in [0, 0.1) is 0 Å². The Labute approximate surface area is 90.7 Å². The molecule has 0 aliphatic rings. The van der Waals surface area contributed by atoms with E-state index in [0.717, 1.165) is 18.8 Å². The molecule has 0 unspecified atom stereocenters. The van der Waals surface area contributed by atoms with Crippen molar-refractivity contribution in [1.29, 1.82) is 0 Å². The van der Waals surface area contributed by atoms with E-state index in [4.69, 9.17) is 0 Å². The molecule has 0 saturated carbocycles. The third-order valence-corrected chi connectivity index (χ3v) is 2.29. The van der Waals surface area contributed by atoms with Gasteiger partial charge < -0.3 is 5.32 Å². The van der Waals surface area contributed by atoms with E-state index in [0.29, 0.717) is 12.3 Å². The molecular weight excluding hydrogens is 193 g/mol. The lowest BCUT2D eigenvalue weighted by molar-refractivity contribution is 0.459. The monoisotopic (exact) mass is 213 g/mol. The first kappa shape index (κ1) is 12.2. The van der Waals surface area contributed by atoms with Gasteiger partial charge in [0.25, 0.3) is 0 Å². The fourth-order valence-electron chi connectivity index (χ4n) is 1.59. The zero-order valence-electron chi connectivity index (χ0n) is 9.76. The summed E-state index contributed by atoms with van der Waals surface area (Å²) in [4.78, 5) is 0. The Hall–Kier alpha value is -0.900. The van der Waals surface area contributed by atoms with Crippen molar-refractivity contribution in [2.24, 2.45) is 7.05 Å². The van der Waals surface area contributed by atoms with Gasteiger partial charge in [-0.25, -0.2) is 0 Å². The van der Waals surface area contributed by atoms with Gasteiger partial charge in [-0.2, -0.15) is 5.10 Å². The van der Waals surface area contributed by atoms with Gasteiger partial charge >= 0.3 is 0 Å². The molecule has 4 heteroatoms. The van der Waals surface area contributed by atoms with Gasteiger partial charge in [-0.3, -0.25) is 9.07 Å². The molecule has 3 nitrogen and oxygen atoms in total. The average molecular weight is 213 g/mol. The van der Waals surface area contributed by atoms with Crippen LogP contribution >= 0.6 is 0 Å². The number of aryl methyl sites for hydroxylation is 1. The van der Waals surface area contributed by atoms with Gasteiger partial charge in [-0.1, -0.05) is 13.8 Å². The molecule has 86 valence electrons. The number of aromatic nitrogens is 2. The second-order valence-electron chi connectivity index (χ2n) is 4.09. The van der Waals surface area contributed by atoms with E-state index >= 15 is 0 Å². The summed E-state index contributed by atoms with van der Waals surface area (Å²) in [6, 6.07) is 0. The molecule has 0 spiro atoms. The Kier molecular flexibility index (Phi) is 4.75. The van der Waals surface area contributed by atoms with Gasteiger partial charge in [-0.05, 0) is 18.9 Å². The van der Waals surface area contributed by atoms with Crippen LogP contribution in [0.5, 0.6) is 0 Å². The number of nitrogens with one attached hydrogen (secondary N) is 1. The molecule has 0 fully saturated rings. The number of rotatable bonds is 6. The van der Waals surface area contributed by atoms with Gasteiger partial charge in [0.15, 0.2) is 0 Å². The first-order valence-corrected chi connectivity index (χ1v) is 5.44. The van der Waals surface area contributed by atoms with E-state index in [1.807, 2.05) is 17.9 Å². The first-order chi connectivity index (χ1) is 7.15. The summed E-state index contributed by atoms with van der Waals surface area (Å²) in [5, 5.41) is 7.63. The van der Waals surface area contributed by atoms with Crippen LogP contribution in [0.15, 0.2) is 6.20 Å². The Morgan fingerprint density at radius 3 is 2.87 bits per heavy atom. The largest absolute Gasteiger partial charge is 0.312 e. The van der Waals surface area contributed by atoms with Gasteiger partial charge in [0.05, 0.1) is 12.4 Å². The highest BCUT2D eigenvalue weighted by molar-refractivity contribution is 5.19. The summed E-state index contributed by atoms with van der Waals surface area (Å²) in [6.45, 7) is 5.52. The lowest BCUT2D eigenvalue weighted by atomic mass is 10.1. The van der Waals surface area contributed by atoms with Gasteiger partial charge in [-0.15, -0.1) is 0 Å². The summed E-state index contributed by atoms with van der Waals surface area (Å²) in [5.41, 5.74) is 2.34. The zero-order valence-corrected chi connectivity index (χ0v) is 9.76. The molecule has 0 aliphatic heterocycles. The average Bonchev–Trinajstić information content (AvgIpc) is 2.55. The predicted octanol–water partition coefficient (Wildman–Crippen LogP) is 1.99. The maximum Gasteiger partial charge on any atom is 0.0906 e. The summed E-state index contributed by atoms with van der Waals surface area (Å²) in [6.07, 6.45) is 2.61. The van der Waals surface area contributed by atoms with Crippen molar-refractivity contribution in [3.63, 3.8) is 0 Å². The topological polar surface area (TPSA) is 29.9 Å². The fraction of sp³-hybridized carbons (Fsp3) is 0.727. The molecule has 0 saturated heterocycles. The highest BCUT2D eigenvalue weighted by atomic mass is 19.1.